The van der Waals surface area contributed by atoms with Gasteiger partial charge in [-0.1, -0.05) is 42.5 Å². The van der Waals surface area contributed by atoms with Crippen LogP contribution in [0.1, 0.15) is 39.1 Å². The van der Waals surface area contributed by atoms with Crippen LogP contribution in [0.2, 0.25) is 0 Å². The van der Waals surface area contributed by atoms with Crippen molar-refractivity contribution in [1.82, 2.24) is 4.90 Å². The highest BCUT2D eigenvalue weighted by Crippen LogP contribution is 2.23. The average Bonchev–Trinajstić information content (AvgIpc) is 2.68. The summed E-state index contributed by atoms with van der Waals surface area (Å²) in [6.45, 7) is 1.80. The first-order valence-corrected chi connectivity index (χ1v) is 8.65. The molecule has 0 radical (unpaired) electrons. The van der Waals surface area contributed by atoms with Gasteiger partial charge < -0.3 is 9.64 Å². The van der Waals surface area contributed by atoms with E-state index < -0.39 is 0 Å². The number of likely N-dealkylation sites (tertiary alicyclic amines) is 1. The normalized spacial score (nSPS) is 15.2. The average molecular weight is 337 g/mol. The molecule has 4 heteroatoms. The Morgan fingerprint density at radius 3 is 2.20 bits per heavy atom. The molecule has 0 N–H and O–H groups in total. The molecule has 25 heavy (non-hydrogen) atoms. The zero-order valence-electron chi connectivity index (χ0n) is 14.5. The third kappa shape index (κ3) is 4.15. The fourth-order valence-electron chi connectivity index (χ4n) is 3.28. The number of piperidine rings is 1. The second-order valence-corrected chi connectivity index (χ2v) is 6.43. The minimum Gasteiger partial charge on any atom is -0.380 e. The lowest BCUT2D eigenvalue weighted by molar-refractivity contribution is 0.0650. The van der Waals surface area contributed by atoms with Gasteiger partial charge in [0.1, 0.15) is 0 Å². The molecular weight excluding hydrogens is 314 g/mol. The molecule has 3 rings (SSSR count). The number of carbonyl (C=O) groups is 2. The predicted octanol–water partition coefficient (Wildman–Crippen LogP) is 3.57. The minimum absolute atomic E-state index is 0.00975. The number of methoxy groups -OCH3 is 1. The van der Waals surface area contributed by atoms with E-state index in [4.69, 9.17) is 4.74 Å². The van der Waals surface area contributed by atoms with Crippen molar-refractivity contribution in [2.24, 2.45) is 5.92 Å². The Bertz CT molecular complexity index is 717. The third-order valence-electron chi connectivity index (χ3n) is 4.72. The van der Waals surface area contributed by atoms with Crippen LogP contribution in [0.3, 0.4) is 0 Å². The maximum absolute atomic E-state index is 12.6. The lowest BCUT2D eigenvalue weighted by atomic mass is 9.88. The molecule has 2 aromatic carbocycles. The first-order valence-electron chi connectivity index (χ1n) is 8.65. The molecule has 1 fully saturated rings. The highest BCUT2D eigenvalue weighted by atomic mass is 16.5. The van der Waals surface area contributed by atoms with Crippen LogP contribution in [0.25, 0.3) is 0 Å². The molecule has 0 atom stereocenters. The van der Waals surface area contributed by atoms with E-state index in [0.717, 1.165) is 24.0 Å². The Morgan fingerprint density at radius 2 is 1.60 bits per heavy atom. The fraction of sp³-hybridized carbons (Fsp3) is 0.333. The molecule has 1 aliphatic rings. The molecule has 1 saturated heterocycles. The number of benzene rings is 2. The van der Waals surface area contributed by atoms with Crippen molar-refractivity contribution >= 4 is 11.7 Å². The molecule has 1 heterocycles. The highest BCUT2D eigenvalue weighted by molar-refractivity contribution is 5.98. The molecule has 0 aliphatic carbocycles. The summed E-state index contributed by atoms with van der Waals surface area (Å²) in [5.41, 5.74) is 2.50. The Kier molecular flexibility index (Phi) is 5.61. The van der Waals surface area contributed by atoms with Gasteiger partial charge in [-0.05, 0) is 30.5 Å². The first kappa shape index (κ1) is 17.4. The maximum atomic E-state index is 12.6. The van der Waals surface area contributed by atoms with Gasteiger partial charge >= 0.3 is 0 Å². The summed E-state index contributed by atoms with van der Waals surface area (Å²) in [7, 11) is 1.65. The standard InChI is InChI=1S/C21H23NO3/c1-25-15-16-7-9-19(10-8-16)21(24)22-13-11-18(12-14-22)20(23)17-5-3-2-4-6-17/h2-10,18H,11-15H2,1H3. The molecule has 4 nitrogen and oxygen atoms in total. The zero-order valence-corrected chi connectivity index (χ0v) is 14.5. The van der Waals surface area contributed by atoms with Gasteiger partial charge in [0.15, 0.2) is 5.78 Å². The molecule has 0 unspecified atom stereocenters. The molecule has 0 saturated carbocycles. The van der Waals surface area contributed by atoms with Gasteiger partial charge in [-0.2, -0.15) is 0 Å². The number of amides is 1. The summed E-state index contributed by atoms with van der Waals surface area (Å²) in [5, 5.41) is 0. The van der Waals surface area contributed by atoms with E-state index >= 15 is 0 Å². The number of nitrogens with zero attached hydrogens (tertiary/aromatic N) is 1. The molecule has 0 bridgehead atoms. The summed E-state index contributed by atoms with van der Waals surface area (Å²) in [5.74, 6) is 0.238. The molecular formula is C21H23NO3. The number of hydrogen-bond donors (Lipinski definition) is 0. The monoisotopic (exact) mass is 337 g/mol. The Hall–Kier alpha value is -2.46. The van der Waals surface area contributed by atoms with Crippen LogP contribution in [-0.4, -0.2) is 36.8 Å². The molecule has 0 aromatic heterocycles. The maximum Gasteiger partial charge on any atom is 0.253 e. The van der Waals surface area contributed by atoms with Gasteiger partial charge in [0.2, 0.25) is 0 Å². The number of Topliss-reactive ketones (excluding diaryl/α,β-unsaturated/α-hetero) is 1. The number of hydrogen-bond acceptors (Lipinski definition) is 3. The third-order valence-corrected chi connectivity index (χ3v) is 4.72. The smallest absolute Gasteiger partial charge is 0.253 e. The summed E-state index contributed by atoms with van der Waals surface area (Å²) in [6.07, 6.45) is 1.45. The Morgan fingerprint density at radius 1 is 0.960 bits per heavy atom. The van der Waals surface area contributed by atoms with E-state index in [-0.39, 0.29) is 17.6 Å². The molecule has 130 valence electrons. The Balaban J connectivity index is 1.58. The van der Waals surface area contributed by atoms with Gasteiger partial charge in [-0.3, -0.25) is 9.59 Å². The van der Waals surface area contributed by atoms with Crippen LogP contribution < -0.4 is 0 Å². The van der Waals surface area contributed by atoms with Crippen LogP contribution >= 0.6 is 0 Å². The van der Waals surface area contributed by atoms with Crippen LogP contribution in [-0.2, 0) is 11.3 Å². The summed E-state index contributed by atoms with van der Waals surface area (Å²) < 4.78 is 5.09. The topological polar surface area (TPSA) is 46.6 Å². The molecule has 0 spiro atoms. The van der Waals surface area contributed by atoms with E-state index in [9.17, 15) is 9.59 Å². The van der Waals surface area contributed by atoms with Crippen molar-refractivity contribution in [2.75, 3.05) is 20.2 Å². The van der Waals surface area contributed by atoms with E-state index in [2.05, 4.69) is 0 Å². The number of ether oxygens (including phenoxy) is 1. The van der Waals surface area contributed by atoms with Crippen LogP contribution in [0.4, 0.5) is 0 Å². The van der Waals surface area contributed by atoms with E-state index in [1.807, 2.05) is 59.5 Å². The molecule has 1 amide bonds. The van der Waals surface area contributed by atoms with Gasteiger partial charge in [-0.15, -0.1) is 0 Å². The van der Waals surface area contributed by atoms with Crippen LogP contribution in [0.15, 0.2) is 54.6 Å². The van der Waals surface area contributed by atoms with Gasteiger partial charge in [-0.25, -0.2) is 0 Å². The Labute approximate surface area is 148 Å². The van der Waals surface area contributed by atoms with Crippen LogP contribution in [0.5, 0.6) is 0 Å². The van der Waals surface area contributed by atoms with Crippen molar-refractivity contribution in [3.8, 4) is 0 Å². The van der Waals surface area contributed by atoms with Crippen molar-refractivity contribution in [3.05, 3.63) is 71.3 Å². The molecule has 2 aromatic rings. The lowest BCUT2D eigenvalue weighted by Crippen LogP contribution is -2.40. The van der Waals surface area contributed by atoms with Gasteiger partial charge in [0.05, 0.1) is 6.61 Å². The summed E-state index contributed by atoms with van der Waals surface area (Å²) >= 11 is 0. The minimum atomic E-state index is 0.00975. The van der Waals surface area contributed by atoms with E-state index in [0.29, 0.717) is 25.3 Å². The predicted molar refractivity (Wildman–Crippen MR) is 96.6 cm³/mol. The van der Waals surface area contributed by atoms with E-state index in [1.54, 1.807) is 7.11 Å². The SMILES string of the molecule is COCc1ccc(C(=O)N2CCC(C(=O)c3ccccc3)CC2)cc1. The molecule has 1 aliphatic heterocycles. The van der Waals surface area contributed by atoms with Crippen LogP contribution in [0, 0.1) is 5.92 Å². The van der Waals surface area contributed by atoms with Crippen molar-refractivity contribution in [3.63, 3.8) is 0 Å². The van der Waals surface area contributed by atoms with Gasteiger partial charge in [0, 0.05) is 37.2 Å². The quantitative estimate of drug-likeness (QED) is 0.784. The van der Waals surface area contributed by atoms with Crippen molar-refractivity contribution in [2.45, 2.75) is 19.4 Å². The summed E-state index contributed by atoms with van der Waals surface area (Å²) in [4.78, 5) is 27.0. The number of carbonyl (C=O) groups excluding carboxylic acids is 2. The van der Waals surface area contributed by atoms with E-state index in [1.165, 1.54) is 0 Å². The number of ketones is 1. The second kappa shape index (κ2) is 8.08. The first-order chi connectivity index (χ1) is 12.2. The largest absolute Gasteiger partial charge is 0.380 e. The lowest BCUT2D eigenvalue weighted by Gasteiger charge is -2.31. The van der Waals surface area contributed by atoms with Crippen molar-refractivity contribution in [1.29, 1.82) is 0 Å². The zero-order chi connectivity index (χ0) is 17.6. The fourth-order valence-corrected chi connectivity index (χ4v) is 3.28. The van der Waals surface area contributed by atoms with Gasteiger partial charge in [0.25, 0.3) is 5.91 Å². The number of rotatable bonds is 5. The summed E-state index contributed by atoms with van der Waals surface area (Å²) in [6, 6.07) is 16.9. The van der Waals surface area contributed by atoms with Crippen molar-refractivity contribution < 1.29 is 14.3 Å². The highest BCUT2D eigenvalue weighted by Gasteiger charge is 2.28. The second-order valence-electron chi connectivity index (χ2n) is 6.43.